The zero-order valence-corrected chi connectivity index (χ0v) is 14.1. The Morgan fingerprint density at radius 1 is 1.05 bits per heavy atom. The van der Waals surface area contributed by atoms with Crippen LogP contribution in [-0.4, -0.2) is 6.54 Å². The Morgan fingerprint density at radius 2 is 1.75 bits per heavy atom. The molecule has 20 heavy (non-hydrogen) atoms. The van der Waals surface area contributed by atoms with Crippen molar-refractivity contribution >= 4 is 22.6 Å². The molecule has 2 aromatic rings. The number of halogens is 1. The van der Waals surface area contributed by atoms with Gasteiger partial charge in [-0.15, -0.1) is 0 Å². The van der Waals surface area contributed by atoms with Crippen LogP contribution in [0.4, 0.5) is 0 Å². The van der Waals surface area contributed by atoms with Gasteiger partial charge in [0.05, 0.1) is 3.57 Å². The summed E-state index contributed by atoms with van der Waals surface area (Å²) in [5.41, 5.74) is 1.28. The van der Waals surface area contributed by atoms with E-state index < -0.39 is 0 Å². The van der Waals surface area contributed by atoms with Crippen molar-refractivity contribution in [2.45, 2.75) is 20.4 Å². The van der Waals surface area contributed by atoms with E-state index in [1.54, 1.807) is 0 Å². The first-order valence-electron chi connectivity index (χ1n) is 6.87. The molecule has 1 N–H and O–H groups in total. The summed E-state index contributed by atoms with van der Waals surface area (Å²) in [6, 6.07) is 16.3. The fourth-order valence-electron chi connectivity index (χ4n) is 1.83. The van der Waals surface area contributed by atoms with Crippen molar-refractivity contribution in [3.63, 3.8) is 0 Å². The molecule has 0 saturated heterocycles. The first-order valence-corrected chi connectivity index (χ1v) is 7.95. The topological polar surface area (TPSA) is 21.3 Å². The van der Waals surface area contributed by atoms with Crippen molar-refractivity contribution in [1.82, 2.24) is 5.32 Å². The smallest absolute Gasteiger partial charge is 0.140 e. The molecule has 2 aromatic carbocycles. The molecule has 0 amide bonds. The summed E-state index contributed by atoms with van der Waals surface area (Å²) in [6.07, 6.45) is 0. The number of para-hydroxylation sites is 1. The minimum atomic E-state index is 0.678. The van der Waals surface area contributed by atoms with Gasteiger partial charge >= 0.3 is 0 Å². The maximum absolute atomic E-state index is 5.88. The number of benzene rings is 2. The van der Waals surface area contributed by atoms with Crippen LogP contribution in [0, 0.1) is 9.49 Å². The summed E-state index contributed by atoms with van der Waals surface area (Å²) < 4.78 is 7.00. The summed E-state index contributed by atoms with van der Waals surface area (Å²) in [5, 5.41) is 3.44. The minimum Gasteiger partial charge on any atom is -0.456 e. The van der Waals surface area contributed by atoms with E-state index in [1.807, 2.05) is 36.4 Å². The third-order valence-electron chi connectivity index (χ3n) is 2.87. The highest BCUT2D eigenvalue weighted by molar-refractivity contribution is 14.1. The van der Waals surface area contributed by atoms with E-state index in [1.165, 1.54) is 5.56 Å². The van der Waals surface area contributed by atoms with Gasteiger partial charge in [0.15, 0.2) is 0 Å². The molecule has 0 aliphatic rings. The molecule has 0 fully saturated rings. The van der Waals surface area contributed by atoms with Gasteiger partial charge in [0.1, 0.15) is 11.5 Å². The predicted octanol–water partition coefficient (Wildman–Crippen LogP) is 4.83. The van der Waals surface area contributed by atoms with Crippen LogP contribution >= 0.6 is 22.6 Å². The monoisotopic (exact) mass is 381 g/mol. The van der Waals surface area contributed by atoms with Gasteiger partial charge in [-0.1, -0.05) is 38.1 Å². The van der Waals surface area contributed by atoms with Crippen molar-refractivity contribution in [1.29, 1.82) is 0 Å². The van der Waals surface area contributed by atoms with Crippen molar-refractivity contribution in [3.05, 3.63) is 57.7 Å². The summed E-state index contributed by atoms with van der Waals surface area (Å²) in [6.45, 7) is 6.37. The third-order valence-corrected chi connectivity index (χ3v) is 3.76. The van der Waals surface area contributed by atoms with Crippen molar-refractivity contribution < 1.29 is 4.74 Å². The predicted molar refractivity (Wildman–Crippen MR) is 92.2 cm³/mol. The molecule has 0 bridgehead atoms. The highest BCUT2D eigenvalue weighted by Gasteiger charge is 2.02. The van der Waals surface area contributed by atoms with Crippen LogP contribution in [0.3, 0.4) is 0 Å². The van der Waals surface area contributed by atoms with Crippen LogP contribution in [0.15, 0.2) is 48.5 Å². The third kappa shape index (κ3) is 4.80. The molecular formula is C17H20INO. The van der Waals surface area contributed by atoms with Crippen LogP contribution in [0.25, 0.3) is 0 Å². The average Bonchev–Trinajstić information content (AvgIpc) is 2.43. The van der Waals surface area contributed by atoms with Crippen LogP contribution in [0.5, 0.6) is 11.5 Å². The van der Waals surface area contributed by atoms with E-state index in [-0.39, 0.29) is 0 Å². The van der Waals surface area contributed by atoms with Gasteiger partial charge in [-0.3, -0.25) is 0 Å². The van der Waals surface area contributed by atoms with Gasteiger partial charge in [0.2, 0.25) is 0 Å². The van der Waals surface area contributed by atoms with Gasteiger partial charge in [-0.25, -0.2) is 0 Å². The highest BCUT2D eigenvalue weighted by atomic mass is 127. The lowest BCUT2D eigenvalue weighted by Gasteiger charge is -2.10. The quantitative estimate of drug-likeness (QED) is 0.724. The average molecular weight is 381 g/mol. The lowest BCUT2D eigenvalue weighted by atomic mass is 10.2. The normalized spacial score (nSPS) is 10.8. The Labute approximate surface area is 134 Å². The molecule has 0 aliphatic carbocycles. The van der Waals surface area contributed by atoms with E-state index in [0.717, 1.165) is 28.2 Å². The van der Waals surface area contributed by atoms with E-state index in [2.05, 4.69) is 53.9 Å². The number of rotatable bonds is 6. The first-order chi connectivity index (χ1) is 9.65. The van der Waals surface area contributed by atoms with E-state index in [0.29, 0.717) is 5.92 Å². The van der Waals surface area contributed by atoms with E-state index >= 15 is 0 Å². The molecule has 0 spiro atoms. The van der Waals surface area contributed by atoms with Crippen LogP contribution < -0.4 is 10.1 Å². The van der Waals surface area contributed by atoms with Gasteiger partial charge in [0.25, 0.3) is 0 Å². The molecule has 0 aromatic heterocycles. The van der Waals surface area contributed by atoms with E-state index in [4.69, 9.17) is 4.74 Å². The van der Waals surface area contributed by atoms with Crippen molar-refractivity contribution in [2.75, 3.05) is 6.54 Å². The molecule has 2 rings (SSSR count). The fraction of sp³-hybridized carbons (Fsp3) is 0.294. The van der Waals surface area contributed by atoms with Crippen LogP contribution in [0.1, 0.15) is 19.4 Å². The second-order valence-corrected chi connectivity index (χ2v) is 6.36. The standard InChI is InChI=1S/C17H20INO/c1-13(2)11-19-12-14-7-9-15(10-8-14)20-17-6-4-3-5-16(17)18/h3-10,13,19H,11-12H2,1-2H3. The Kier molecular flexibility index (Phi) is 5.86. The molecule has 2 nitrogen and oxygen atoms in total. The van der Waals surface area contributed by atoms with Crippen molar-refractivity contribution in [2.24, 2.45) is 5.92 Å². The van der Waals surface area contributed by atoms with Crippen LogP contribution in [0.2, 0.25) is 0 Å². The summed E-state index contributed by atoms with van der Waals surface area (Å²) >= 11 is 2.28. The first kappa shape index (κ1) is 15.3. The number of ether oxygens (including phenoxy) is 1. The molecule has 0 saturated carbocycles. The molecule has 0 unspecified atom stereocenters. The van der Waals surface area contributed by atoms with E-state index in [9.17, 15) is 0 Å². The Bertz CT molecular complexity index is 537. The van der Waals surface area contributed by atoms with Gasteiger partial charge in [-0.2, -0.15) is 0 Å². The summed E-state index contributed by atoms with van der Waals surface area (Å²) in [7, 11) is 0. The Balaban J connectivity index is 1.93. The highest BCUT2D eigenvalue weighted by Crippen LogP contribution is 2.26. The summed E-state index contributed by atoms with van der Waals surface area (Å²) in [5.74, 6) is 2.46. The summed E-state index contributed by atoms with van der Waals surface area (Å²) in [4.78, 5) is 0. The molecule has 0 atom stereocenters. The lowest BCUT2D eigenvalue weighted by molar-refractivity contribution is 0.478. The minimum absolute atomic E-state index is 0.678. The fourth-order valence-corrected chi connectivity index (χ4v) is 2.33. The SMILES string of the molecule is CC(C)CNCc1ccc(Oc2ccccc2I)cc1. The lowest BCUT2D eigenvalue weighted by Crippen LogP contribution is -2.18. The molecule has 106 valence electrons. The molecule has 0 heterocycles. The molecular weight excluding hydrogens is 361 g/mol. The molecule has 0 aliphatic heterocycles. The largest absolute Gasteiger partial charge is 0.456 e. The second-order valence-electron chi connectivity index (χ2n) is 5.20. The van der Waals surface area contributed by atoms with Gasteiger partial charge in [0, 0.05) is 6.54 Å². The van der Waals surface area contributed by atoms with Crippen molar-refractivity contribution in [3.8, 4) is 11.5 Å². The Morgan fingerprint density at radius 3 is 2.40 bits per heavy atom. The Hall–Kier alpha value is -1.07. The maximum Gasteiger partial charge on any atom is 0.140 e. The molecule has 3 heteroatoms. The van der Waals surface area contributed by atoms with Crippen LogP contribution in [-0.2, 0) is 6.54 Å². The maximum atomic E-state index is 5.88. The second kappa shape index (κ2) is 7.64. The van der Waals surface area contributed by atoms with Gasteiger partial charge < -0.3 is 10.1 Å². The van der Waals surface area contributed by atoms with Gasteiger partial charge in [-0.05, 0) is 64.9 Å². The molecule has 0 radical (unpaired) electrons. The number of nitrogens with one attached hydrogen (secondary N) is 1. The zero-order valence-electron chi connectivity index (χ0n) is 11.9. The number of hydrogen-bond donors (Lipinski definition) is 1. The number of hydrogen-bond acceptors (Lipinski definition) is 2. The zero-order chi connectivity index (χ0) is 14.4.